The maximum atomic E-state index is 10.8. The smallest absolute Gasteiger partial charge is 0.137 e. The summed E-state index contributed by atoms with van der Waals surface area (Å²) in [4.78, 5) is 19.0. The van der Waals surface area contributed by atoms with E-state index in [1.807, 2.05) is 0 Å². The number of rotatable bonds is 3. The molecule has 1 aromatic rings. The van der Waals surface area contributed by atoms with Gasteiger partial charge in [0.05, 0.1) is 6.42 Å². The van der Waals surface area contributed by atoms with Crippen LogP contribution in [0.4, 0.5) is 0 Å². The largest absolute Gasteiger partial charge is 0.300 e. The van der Waals surface area contributed by atoms with Crippen LogP contribution in [-0.4, -0.2) is 15.8 Å². The predicted octanol–water partition coefficient (Wildman–Crippen LogP) is 1.73. The maximum absolute atomic E-state index is 10.8. The first kappa shape index (κ1) is 9.84. The van der Waals surface area contributed by atoms with Gasteiger partial charge in [-0.1, -0.05) is 13.8 Å². The average Bonchev–Trinajstić information content (AvgIpc) is 2.04. The van der Waals surface area contributed by atoms with E-state index in [0.717, 1.165) is 5.56 Å². The minimum absolute atomic E-state index is 0.0947. The van der Waals surface area contributed by atoms with Crippen molar-refractivity contribution in [3.63, 3.8) is 0 Å². The lowest BCUT2D eigenvalue weighted by Gasteiger charge is -2.03. The van der Waals surface area contributed by atoms with Crippen molar-refractivity contribution in [1.29, 1.82) is 0 Å². The second-order valence-corrected chi connectivity index (χ2v) is 3.47. The molecular formula is C10H14N2O. The molecule has 0 radical (unpaired) electrons. The highest BCUT2D eigenvalue weighted by Crippen LogP contribution is 2.10. The van der Waals surface area contributed by atoms with Crippen LogP contribution in [0.15, 0.2) is 12.4 Å². The zero-order chi connectivity index (χ0) is 9.84. The van der Waals surface area contributed by atoms with Crippen LogP contribution in [-0.2, 0) is 11.2 Å². The zero-order valence-electron chi connectivity index (χ0n) is 8.24. The lowest BCUT2D eigenvalue weighted by molar-refractivity contribution is -0.116. The Labute approximate surface area is 78.2 Å². The van der Waals surface area contributed by atoms with E-state index in [1.165, 1.54) is 0 Å². The maximum Gasteiger partial charge on any atom is 0.137 e. The summed E-state index contributed by atoms with van der Waals surface area (Å²) in [7, 11) is 0. The Morgan fingerprint density at radius 3 is 2.31 bits per heavy atom. The lowest BCUT2D eigenvalue weighted by atomic mass is 10.1. The zero-order valence-corrected chi connectivity index (χ0v) is 8.24. The van der Waals surface area contributed by atoms with Crippen molar-refractivity contribution < 1.29 is 4.79 Å². The summed E-state index contributed by atoms with van der Waals surface area (Å²) in [5.41, 5.74) is 1.10. The molecule has 0 atom stereocenters. The van der Waals surface area contributed by atoms with Crippen molar-refractivity contribution in [2.24, 2.45) is 0 Å². The molecule has 1 aromatic heterocycles. The number of carbonyl (C=O) groups excluding carboxylic acids is 1. The van der Waals surface area contributed by atoms with Crippen LogP contribution in [0.5, 0.6) is 0 Å². The van der Waals surface area contributed by atoms with Gasteiger partial charge in [-0.2, -0.15) is 0 Å². The van der Waals surface area contributed by atoms with Crippen LogP contribution in [0, 0.1) is 0 Å². The van der Waals surface area contributed by atoms with Gasteiger partial charge in [-0.25, -0.2) is 9.97 Å². The van der Waals surface area contributed by atoms with Crippen LogP contribution in [0.25, 0.3) is 0 Å². The molecule has 13 heavy (non-hydrogen) atoms. The summed E-state index contributed by atoms with van der Waals surface area (Å²) in [5.74, 6) is 1.14. The molecule has 0 saturated carbocycles. The topological polar surface area (TPSA) is 42.9 Å². The summed E-state index contributed by atoms with van der Waals surface area (Å²) in [6.45, 7) is 5.71. The Hall–Kier alpha value is -1.25. The first-order valence-corrected chi connectivity index (χ1v) is 4.40. The minimum atomic E-state index is 0.0947. The summed E-state index contributed by atoms with van der Waals surface area (Å²) >= 11 is 0. The third-order valence-corrected chi connectivity index (χ3v) is 1.80. The highest BCUT2D eigenvalue weighted by molar-refractivity contribution is 5.77. The third kappa shape index (κ3) is 2.93. The summed E-state index contributed by atoms with van der Waals surface area (Å²) in [6, 6.07) is 0. The van der Waals surface area contributed by atoms with Crippen molar-refractivity contribution in [3.8, 4) is 0 Å². The van der Waals surface area contributed by atoms with Gasteiger partial charge >= 0.3 is 0 Å². The quantitative estimate of drug-likeness (QED) is 0.708. The van der Waals surface area contributed by atoms with Gasteiger partial charge in [0.1, 0.15) is 11.6 Å². The van der Waals surface area contributed by atoms with Crippen LogP contribution in [0.2, 0.25) is 0 Å². The fraction of sp³-hybridized carbons (Fsp3) is 0.500. The first-order chi connectivity index (χ1) is 6.09. The molecule has 0 saturated heterocycles. The predicted molar refractivity (Wildman–Crippen MR) is 50.5 cm³/mol. The molecule has 70 valence electrons. The Kier molecular flexibility index (Phi) is 3.12. The van der Waals surface area contributed by atoms with Gasteiger partial charge in [-0.05, 0) is 18.4 Å². The molecule has 0 fully saturated rings. The minimum Gasteiger partial charge on any atom is -0.300 e. The van der Waals surface area contributed by atoms with E-state index >= 15 is 0 Å². The Bertz CT molecular complexity index is 290. The SMILES string of the molecule is CC(=O)Cc1ncc(C(C)C)cn1. The molecule has 3 nitrogen and oxygen atoms in total. The molecule has 3 heteroatoms. The molecule has 0 N–H and O–H groups in total. The van der Waals surface area contributed by atoms with Crippen LogP contribution < -0.4 is 0 Å². The van der Waals surface area contributed by atoms with Gasteiger partial charge in [-0.3, -0.25) is 4.79 Å². The second-order valence-electron chi connectivity index (χ2n) is 3.47. The standard InChI is InChI=1S/C10H14N2O/c1-7(2)9-5-11-10(12-6-9)4-8(3)13/h5-7H,4H2,1-3H3. The van der Waals surface area contributed by atoms with Crippen LogP contribution in [0.3, 0.4) is 0 Å². The van der Waals surface area contributed by atoms with Gasteiger partial charge in [-0.15, -0.1) is 0 Å². The number of aromatic nitrogens is 2. The summed E-state index contributed by atoms with van der Waals surface area (Å²) in [6.07, 6.45) is 3.91. The van der Waals surface area contributed by atoms with Crippen molar-refractivity contribution in [3.05, 3.63) is 23.8 Å². The number of hydrogen-bond donors (Lipinski definition) is 0. The van der Waals surface area contributed by atoms with E-state index in [4.69, 9.17) is 0 Å². The van der Waals surface area contributed by atoms with E-state index in [-0.39, 0.29) is 5.78 Å². The van der Waals surface area contributed by atoms with E-state index < -0.39 is 0 Å². The molecule has 0 aliphatic carbocycles. The molecule has 0 bridgehead atoms. The van der Waals surface area contributed by atoms with Gasteiger partial charge in [0, 0.05) is 12.4 Å². The van der Waals surface area contributed by atoms with Crippen molar-refractivity contribution >= 4 is 5.78 Å². The van der Waals surface area contributed by atoms with Gasteiger partial charge < -0.3 is 0 Å². The van der Waals surface area contributed by atoms with E-state index in [0.29, 0.717) is 18.2 Å². The third-order valence-electron chi connectivity index (χ3n) is 1.80. The highest BCUT2D eigenvalue weighted by Gasteiger charge is 2.02. The molecule has 0 aromatic carbocycles. The number of carbonyl (C=O) groups is 1. The van der Waals surface area contributed by atoms with Crippen LogP contribution >= 0.6 is 0 Å². The first-order valence-electron chi connectivity index (χ1n) is 4.40. The van der Waals surface area contributed by atoms with E-state index in [2.05, 4.69) is 23.8 Å². The molecule has 0 aliphatic rings. The molecule has 1 rings (SSSR count). The van der Waals surface area contributed by atoms with Crippen molar-refractivity contribution in [1.82, 2.24) is 9.97 Å². The molecular weight excluding hydrogens is 164 g/mol. The molecule has 1 heterocycles. The van der Waals surface area contributed by atoms with Gasteiger partial charge in [0.25, 0.3) is 0 Å². The molecule has 0 amide bonds. The van der Waals surface area contributed by atoms with Crippen LogP contribution in [0.1, 0.15) is 38.1 Å². The Morgan fingerprint density at radius 1 is 1.38 bits per heavy atom. The second kappa shape index (κ2) is 4.12. The van der Waals surface area contributed by atoms with Crippen molar-refractivity contribution in [2.45, 2.75) is 33.1 Å². The molecule has 0 unspecified atom stereocenters. The van der Waals surface area contributed by atoms with E-state index in [9.17, 15) is 4.79 Å². The fourth-order valence-corrected chi connectivity index (χ4v) is 0.977. The normalized spacial score (nSPS) is 10.5. The fourth-order valence-electron chi connectivity index (χ4n) is 0.977. The van der Waals surface area contributed by atoms with E-state index in [1.54, 1.807) is 19.3 Å². The molecule has 0 aliphatic heterocycles. The monoisotopic (exact) mass is 178 g/mol. The van der Waals surface area contributed by atoms with Gasteiger partial charge in [0.15, 0.2) is 0 Å². The summed E-state index contributed by atoms with van der Waals surface area (Å²) in [5, 5.41) is 0. The lowest BCUT2D eigenvalue weighted by Crippen LogP contribution is -2.03. The molecule has 0 spiro atoms. The Morgan fingerprint density at radius 2 is 1.92 bits per heavy atom. The summed E-state index contributed by atoms with van der Waals surface area (Å²) < 4.78 is 0. The number of nitrogens with zero attached hydrogens (tertiary/aromatic N) is 2. The Balaban J connectivity index is 2.75. The number of hydrogen-bond acceptors (Lipinski definition) is 3. The highest BCUT2D eigenvalue weighted by atomic mass is 16.1. The van der Waals surface area contributed by atoms with Crippen molar-refractivity contribution in [2.75, 3.05) is 0 Å². The number of ketones is 1. The average molecular weight is 178 g/mol. The number of Topliss-reactive ketones (excluding diaryl/α,β-unsaturated/α-hetero) is 1. The van der Waals surface area contributed by atoms with Gasteiger partial charge in [0.2, 0.25) is 0 Å².